The summed E-state index contributed by atoms with van der Waals surface area (Å²) in [6.45, 7) is 1.29. The van der Waals surface area contributed by atoms with Crippen molar-refractivity contribution in [2.45, 2.75) is 6.92 Å². The van der Waals surface area contributed by atoms with Crippen LogP contribution in [0.4, 0.5) is 0 Å². The summed E-state index contributed by atoms with van der Waals surface area (Å²) in [4.78, 5) is 9.21. The Labute approximate surface area is 50.6 Å². The molecule has 0 saturated heterocycles. The van der Waals surface area contributed by atoms with Gasteiger partial charge < -0.3 is 0 Å². The molecule has 0 aliphatic rings. The van der Waals surface area contributed by atoms with Crippen LogP contribution in [0.5, 0.6) is 0 Å². The molecule has 0 fully saturated rings. The van der Waals surface area contributed by atoms with E-state index in [1.165, 1.54) is 6.92 Å². The average molecular weight is 126 g/mol. The molecule has 3 heteroatoms. The van der Waals surface area contributed by atoms with Crippen molar-refractivity contribution in [3.8, 4) is 0 Å². The Balaban J connectivity index is 0. The normalized spacial score (nSPS) is 5.20. The molecule has 0 aliphatic heterocycles. The number of rotatable bonds is 0. The van der Waals surface area contributed by atoms with Crippen LogP contribution in [0.3, 0.4) is 0 Å². The summed E-state index contributed by atoms with van der Waals surface area (Å²) in [7, 11) is 0. The third kappa shape index (κ3) is 73.5. The second-order valence-corrected chi connectivity index (χ2v) is 1.00. The molecule has 0 aliphatic carbocycles. The molecule has 0 rings (SSSR count). The number of hydrogen-bond acceptors (Lipinski definition) is 1. The fourth-order valence-electron chi connectivity index (χ4n) is 0. The molecule has 0 aromatic carbocycles. The molecule has 0 atom stereocenters. The Morgan fingerprint density at radius 3 is 1.80 bits per heavy atom. The van der Waals surface area contributed by atoms with E-state index in [1.807, 2.05) is 0 Å². The maximum absolute atomic E-state index is 9.21. The van der Waals surface area contributed by atoms with Crippen LogP contribution in [-0.2, 0) is 26.5 Å². The molecule has 0 amide bonds. The maximum Gasteiger partial charge on any atom is 0.218 e. The molecular formula is C2H3ClOTi. The molecular weight excluding hydrogens is 123 g/mol. The molecule has 0 aromatic rings. The van der Waals surface area contributed by atoms with Gasteiger partial charge in [0.1, 0.15) is 0 Å². The summed E-state index contributed by atoms with van der Waals surface area (Å²) in [5.41, 5.74) is 0. The average Bonchev–Trinajstić information content (AvgIpc) is 0.811. The van der Waals surface area contributed by atoms with Crippen molar-refractivity contribution in [3.63, 3.8) is 0 Å². The second kappa shape index (κ2) is 4.67. The summed E-state index contributed by atoms with van der Waals surface area (Å²) in [6, 6.07) is 0. The third-order valence-corrected chi connectivity index (χ3v) is 0. The van der Waals surface area contributed by atoms with Gasteiger partial charge in [-0.25, -0.2) is 0 Å². The summed E-state index contributed by atoms with van der Waals surface area (Å²) in [5, 5.41) is -0.361. The second-order valence-electron chi connectivity index (χ2n) is 0.470. The Hall–Kier alpha value is 0.674. The van der Waals surface area contributed by atoms with Crippen LogP contribution in [-0.4, -0.2) is 5.24 Å². The molecule has 0 radical (unpaired) electrons. The molecule has 0 spiro atoms. The largest absolute Gasteiger partial charge is 0.282 e. The van der Waals surface area contributed by atoms with Crippen molar-refractivity contribution in [1.29, 1.82) is 0 Å². The van der Waals surface area contributed by atoms with Gasteiger partial charge in [0, 0.05) is 28.6 Å². The van der Waals surface area contributed by atoms with E-state index >= 15 is 0 Å². The van der Waals surface area contributed by atoms with E-state index in [-0.39, 0.29) is 27.0 Å². The standard InChI is InChI=1S/C2H3ClO.Ti/c1-2(3)4;/h1H3;. The van der Waals surface area contributed by atoms with Gasteiger partial charge in [-0.1, -0.05) is 0 Å². The minimum atomic E-state index is -0.361. The zero-order chi connectivity index (χ0) is 3.58. The minimum absolute atomic E-state index is 0. The van der Waals surface area contributed by atoms with E-state index in [9.17, 15) is 4.79 Å². The van der Waals surface area contributed by atoms with Crippen molar-refractivity contribution in [2.24, 2.45) is 0 Å². The van der Waals surface area contributed by atoms with Crippen molar-refractivity contribution in [1.82, 2.24) is 0 Å². The molecule has 1 nitrogen and oxygen atoms in total. The quantitative estimate of drug-likeness (QED) is 0.346. The molecule has 0 unspecified atom stereocenters. The predicted molar refractivity (Wildman–Crippen MR) is 16.5 cm³/mol. The van der Waals surface area contributed by atoms with Crippen LogP contribution in [0.15, 0.2) is 0 Å². The maximum atomic E-state index is 9.21. The van der Waals surface area contributed by atoms with Gasteiger partial charge in [-0.05, 0) is 11.6 Å². The van der Waals surface area contributed by atoms with Gasteiger partial charge in [0.05, 0.1) is 0 Å². The van der Waals surface area contributed by atoms with Gasteiger partial charge in [0.15, 0.2) is 0 Å². The first-order valence-corrected chi connectivity index (χ1v) is 1.27. The SMILES string of the molecule is CC(=O)Cl.[Ti]. The van der Waals surface area contributed by atoms with Crippen LogP contribution in [0.2, 0.25) is 0 Å². The first-order valence-electron chi connectivity index (χ1n) is 0.893. The van der Waals surface area contributed by atoms with Gasteiger partial charge in [-0.2, -0.15) is 0 Å². The van der Waals surface area contributed by atoms with E-state index in [4.69, 9.17) is 0 Å². The molecule has 0 N–H and O–H groups in total. The van der Waals surface area contributed by atoms with Crippen molar-refractivity contribution >= 4 is 16.8 Å². The number of hydrogen-bond donors (Lipinski definition) is 0. The van der Waals surface area contributed by atoms with Crippen LogP contribution >= 0.6 is 11.6 Å². The van der Waals surface area contributed by atoms with Gasteiger partial charge in [0.25, 0.3) is 0 Å². The number of carbonyl (C=O) groups is 1. The fourth-order valence-corrected chi connectivity index (χ4v) is 0. The third-order valence-electron chi connectivity index (χ3n) is 0. The molecule has 0 aromatic heterocycles. The van der Waals surface area contributed by atoms with E-state index in [0.29, 0.717) is 0 Å². The molecule has 0 heterocycles. The topological polar surface area (TPSA) is 17.1 Å². The van der Waals surface area contributed by atoms with Crippen LogP contribution in [0, 0.1) is 0 Å². The Kier molecular flexibility index (Phi) is 8.59. The first-order chi connectivity index (χ1) is 1.73. The van der Waals surface area contributed by atoms with Crippen LogP contribution < -0.4 is 0 Å². The fraction of sp³-hybridized carbons (Fsp3) is 0.500. The Morgan fingerprint density at radius 1 is 1.80 bits per heavy atom. The van der Waals surface area contributed by atoms with Crippen molar-refractivity contribution < 1.29 is 26.5 Å². The zero-order valence-corrected chi connectivity index (χ0v) is 5.10. The van der Waals surface area contributed by atoms with Gasteiger partial charge in [-0.15, -0.1) is 0 Å². The van der Waals surface area contributed by atoms with Crippen LogP contribution in [0.25, 0.3) is 0 Å². The predicted octanol–water partition coefficient (Wildman–Crippen LogP) is 0.769. The summed E-state index contributed by atoms with van der Waals surface area (Å²) >= 11 is 4.64. The van der Waals surface area contributed by atoms with E-state index in [2.05, 4.69) is 11.6 Å². The monoisotopic (exact) mass is 126 g/mol. The molecule has 0 bridgehead atoms. The summed E-state index contributed by atoms with van der Waals surface area (Å²) < 4.78 is 0. The summed E-state index contributed by atoms with van der Waals surface area (Å²) in [6.07, 6.45) is 0. The molecule has 5 heavy (non-hydrogen) atoms. The van der Waals surface area contributed by atoms with Gasteiger partial charge in [-0.3, -0.25) is 4.79 Å². The minimum Gasteiger partial charge on any atom is -0.282 e. The number of carbonyl (C=O) groups excluding carboxylic acids is 1. The van der Waals surface area contributed by atoms with Crippen molar-refractivity contribution in [3.05, 3.63) is 0 Å². The van der Waals surface area contributed by atoms with Crippen LogP contribution in [0.1, 0.15) is 6.92 Å². The smallest absolute Gasteiger partial charge is 0.218 e. The zero-order valence-electron chi connectivity index (χ0n) is 2.79. The Bertz CT molecular complexity index is 32.6. The summed E-state index contributed by atoms with van der Waals surface area (Å²) in [5.74, 6) is 0. The first kappa shape index (κ1) is 9.18. The van der Waals surface area contributed by atoms with E-state index in [0.717, 1.165) is 0 Å². The molecule has 0 saturated carbocycles. The molecule has 28 valence electrons. The van der Waals surface area contributed by atoms with Gasteiger partial charge in [0.2, 0.25) is 5.24 Å². The van der Waals surface area contributed by atoms with E-state index < -0.39 is 0 Å². The van der Waals surface area contributed by atoms with E-state index in [1.54, 1.807) is 0 Å². The van der Waals surface area contributed by atoms with Crippen molar-refractivity contribution in [2.75, 3.05) is 0 Å². The van der Waals surface area contributed by atoms with Gasteiger partial charge >= 0.3 is 0 Å². The Morgan fingerprint density at radius 2 is 1.80 bits per heavy atom. The number of halogens is 1.